The van der Waals surface area contributed by atoms with Crippen molar-refractivity contribution in [1.82, 2.24) is 10.6 Å². The van der Waals surface area contributed by atoms with E-state index in [2.05, 4.69) is 162 Å². The molecule has 2 atom stereocenters. The van der Waals surface area contributed by atoms with Crippen molar-refractivity contribution in [1.29, 1.82) is 0 Å². The Morgan fingerprint density at radius 1 is 0.393 bits per heavy atom. The predicted octanol–water partition coefficient (Wildman–Crippen LogP) is 12.9. The molecular weight excluding hydrogens is 687 g/mol. The first-order chi connectivity index (χ1) is 27.7. The van der Waals surface area contributed by atoms with Crippen molar-refractivity contribution in [3.05, 3.63) is 193 Å². The first-order valence-corrected chi connectivity index (χ1v) is 19.1. The minimum Gasteiger partial charge on any atom is -0.456 e. The van der Waals surface area contributed by atoms with Crippen LogP contribution < -0.4 is 10.6 Å². The van der Waals surface area contributed by atoms with Gasteiger partial charge in [0.15, 0.2) is 0 Å². The minimum atomic E-state index is -0.312. The third-order valence-corrected chi connectivity index (χ3v) is 11.5. The van der Waals surface area contributed by atoms with Crippen LogP contribution >= 0.6 is 0 Å². The Kier molecular flexibility index (Phi) is 6.76. The summed E-state index contributed by atoms with van der Waals surface area (Å²) < 4.78 is 12.9. The van der Waals surface area contributed by atoms with E-state index in [1.807, 2.05) is 24.3 Å². The summed E-state index contributed by atoms with van der Waals surface area (Å²) in [6.07, 6.45) is -0.479. The highest BCUT2D eigenvalue weighted by atomic mass is 16.3. The van der Waals surface area contributed by atoms with Gasteiger partial charge in [0.25, 0.3) is 0 Å². The van der Waals surface area contributed by atoms with Gasteiger partial charge in [-0.25, -0.2) is 4.99 Å². The van der Waals surface area contributed by atoms with E-state index in [1.54, 1.807) is 0 Å². The fraction of sp³-hybridized carbons (Fsp3) is 0.0392. The Morgan fingerprint density at radius 2 is 0.982 bits per heavy atom. The molecule has 0 aliphatic carbocycles. The third-order valence-electron chi connectivity index (χ3n) is 11.5. The van der Waals surface area contributed by atoms with Crippen LogP contribution in [-0.2, 0) is 0 Å². The quantitative estimate of drug-likeness (QED) is 0.178. The van der Waals surface area contributed by atoms with E-state index in [-0.39, 0.29) is 12.3 Å². The normalized spacial score (nSPS) is 16.0. The molecule has 0 spiro atoms. The van der Waals surface area contributed by atoms with Crippen molar-refractivity contribution in [3.63, 3.8) is 0 Å². The van der Waals surface area contributed by atoms with Crippen LogP contribution in [-0.4, -0.2) is 5.84 Å². The van der Waals surface area contributed by atoms with Crippen molar-refractivity contribution in [2.45, 2.75) is 12.3 Å². The second-order valence-corrected chi connectivity index (χ2v) is 14.7. The topological polar surface area (TPSA) is 62.7 Å². The fourth-order valence-corrected chi connectivity index (χ4v) is 8.89. The second-order valence-electron chi connectivity index (χ2n) is 14.7. The standard InChI is InChI=1S/C51H33N3O2/c1-2-11-30(12-3-1)49-52-50(32-22-25-41-40-17-8-9-19-44(40)55-46(41)28-32)54-51(53-49)33-23-26-42-47(29-33)56-45-20-10-18-34(48(42)45)31-21-24-39-37-15-5-4-13-35(37)36-14-6-7-16-38(36)43(39)27-31/h1-29,49-50,52H,(H,53,54). The number of fused-ring (bicyclic) bond motifs is 12. The molecule has 1 aliphatic heterocycles. The monoisotopic (exact) mass is 719 g/mol. The molecule has 12 rings (SSSR count). The van der Waals surface area contributed by atoms with Crippen LogP contribution in [0.3, 0.4) is 0 Å². The zero-order chi connectivity index (χ0) is 36.7. The predicted molar refractivity (Wildman–Crippen MR) is 230 cm³/mol. The molecule has 5 nitrogen and oxygen atoms in total. The lowest BCUT2D eigenvalue weighted by Crippen LogP contribution is -2.44. The maximum Gasteiger partial charge on any atom is 0.136 e. The van der Waals surface area contributed by atoms with Gasteiger partial charge < -0.3 is 14.2 Å². The van der Waals surface area contributed by atoms with E-state index in [0.717, 1.165) is 77.5 Å². The molecule has 2 unspecified atom stereocenters. The molecule has 0 fully saturated rings. The highest BCUT2D eigenvalue weighted by Gasteiger charge is 2.27. The number of hydrogen-bond donors (Lipinski definition) is 2. The molecule has 264 valence electrons. The highest BCUT2D eigenvalue weighted by molar-refractivity contribution is 6.26. The van der Waals surface area contributed by atoms with Gasteiger partial charge in [0.2, 0.25) is 0 Å². The van der Waals surface area contributed by atoms with E-state index in [4.69, 9.17) is 13.8 Å². The molecular formula is C51H33N3O2. The largest absolute Gasteiger partial charge is 0.456 e. The lowest BCUT2D eigenvalue weighted by molar-refractivity contribution is 0.409. The molecule has 2 N–H and O–H groups in total. The Morgan fingerprint density at radius 3 is 1.79 bits per heavy atom. The molecule has 0 radical (unpaired) electrons. The molecule has 56 heavy (non-hydrogen) atoms. The van der Waals surface area contributed by atoms with E-state index in [0.29, 0.717) is 0 Å². The number of nitrogens with zero attached hydrogens (tertiary/aromatic N) is 1. The summed E-state index contributed by atoms with van der Waals surface area (Å²) in [6.45, 7) is 0. The molecule has 3 heterocycles. The molecule has 1 aliphatic rings. The summed E-state index contributed by atoms with van der Waals surface area (Å²) in [4.78, 5) is 5.27. The summed E-state index contributed by atoms with van der Waals surface area (Å²) >= 11 is 0. The summed E-state index contributed by atoms with van der Waals surface area (Å²) in [5, 5.41) is 19.4. The summed E-state index contributed by atoms with van der Waals surface area (Å²) in [7, 11) is 0. The SMILES string of the molecule is c1ccc(C2NC(c3ccc4c(c3)oc3cccc(-c5ccc6c7ccccc7c7ccccc7c6c5)c34)=NC(c3ccc4c(c3)oc3ccccc34)N2)cc1. The smallest absolute Gasteiger partial charge is 0.136 e. The van der Waals surface area contributed by atoms with Crippen LogP contribution in [0, 0.1) is 0 Å². The zero-order valence-corrected chi connectivity index (χ0v) is 30.2. The van der Waals surface area contributed by atoms with Gasteiger partial charge >= 0.3 is 0 Å². The maximum atomic E-state index is 6.65. The van der Waals surface area contributed by atoms with Crippen molar-refractivity contribution < 1.29 is 8.83 Å². The lowest BCUT2D eigenvalue weighted by Gasteiger charge is -2.32. The molecule has 0 saturated heterocycles. The van der Waals surface area contributed by atoms with Gasteiger partial charge in [-0.3, -0.25) is 5.32 Å². The number of rotatable bonds is 4. The average molecular weight is 720 g/mol. The summed E-state index contributed by atoms with van der Waals surface area (Å²) in [5.74, 6) is 0.795. The molecule has 0 saturated carbocycles. The number of amidine groups is 1. The Balaban J connectivity index is 0.979. The van der Waals surface area contributed by atoms with E-state index < -0.39 is 0 Å². The molecule has 0 amide bonds. The van der Waals surface area contributed by atoms with Crippen molar-refractivity contribution in [2.24, 2.45) is 4.99 Å². The number of aliphatic imine (C=N–C) groups is 1. The number of benzene rings is 9. The first kappa shape index (κ1) is 31.2. The number of furan rings is 2. The summed E-state index contributed by atoms with van der Waals surface area (Å²) in [5.41, 5.74) is 8.84. The minimum absolute atomic E-state index is 0.167. The number of para-hydroxylation sites is 1. The van der Waals surface area contributed by atoms with Gasteiger partial charge in [0.1, 0.15) is 40.5 Å². The van der Waals surface area contributed by atoms with E-state index >= 15 is 0 Å². The van der Waals surface area contributed by atoms with E-state index in [1.165, 1.54) is 32.3 Å². The third kappa shape index (κ3) is 4.81. The van der Waals surface area contributed by atoms with Crippen LogP contribution in [0.2, 0.25) is 0 Å². The van der Waals surface area contributed by atoms with Crippen LogP contribution in [0.1, 0.15) is 29.0 Å². The highest BCUT2D eigenvalue weighted by Crippen LogP contribution is 2.41. The van der Waals surface area contributed by atoms with Crippen LogP contribution in [0.5, 0.6) is 0 Å². The van der Waals surface area contributed by atoms with Gasteiger partial charge in [-0.05, 0) is 91.0 Å². The number of nitrogens with one attached hydrogen (secondary N) is 2. The van der Waals surface area contributed by atoms with Gasteiger partial charge in [-0.2, -0.15) is 0 Å². The average Bonchev–Trinajstić information content (AvgIpc) is 3.84. The van der Waals surface area contributed by atoms with Crippen LogP contribution in [0.25, 0.3) is 87.3 Å². The molecule has 11 aromatic rings. The van der Waals surface area contributed by atoms with Gasteiger partial charge in [-0.1, -0.05) is 140 Å². The van der Waals surface area contributed by atoms with Gasteiger partial charge in [0.05, 0.1) is 0 Å². The fourth-order valence-electron chi connectivity index (χ4n) is 8.89. The Bertz CT molecular complexity index is 3360. The van der Waals surface area contributed by atoms with Crippen molar-refractivity contribution >= 4 is 82.0 Å². The van der Waals surface area contributed by atoms with Gasteiger partial charge in [-0.15, -0.1) is 0 Å². The lowest BCUT2D eigenvalue weighted by atomic mass is 9.91. The number of hydrogen-bond acceptors (Lipinski definition) is 5. The van der Waals surface area contributed by atoms with Crippen LogP contribution in [0.15, 0.2) is 190 Å². The Hall–Kier alpha value is -7.21. The van der Waals surface area contributed by atoms with Crippen molar-refractivity contribution in [3.8, 4) is 11.1 Å². The summed E-state index contributed by atoms with van der Waals surface area (Å²) in [6, 6.07) is 62.2. The van der Waals surface area contributed by atoms with Crippen molar-refractivity contribution in [2.75, 3.05) is 0 Å². The molecule has 9 aromatic carbocycles. The van der Waals surface area contributed by atoms with Crippen LogP contribution in [0.4, 0.5) is 0 Å². The molecule has 2 aromatic heterocycles. The first-order valence-electron chi connectivity index (χ1n) is 19.1. The molecule has 0 bridgehead atoms. The maximum absolute atomic E-state index is 6.65. The van der Waals surface area contributed by atoms with E-state index in [9.17, 15) is 0 Å². The Labute approximate surface area is 321 Å². The van der Waals surface area contributed by atoms with Gasteiger partial charge in [0, 0.05) is 27.1 Å². The second kappa shape index (κ2) is 12.2. The zero-order valence-electron chi connectivity index (χ0n) is 30.2. The molecule has 5 heteroatoms.